The Labute approximate surface area is 121 Å². The summed E-state index contributed by atoms with van der Waals surface area (Å²) in [5.41, 5.74) is 2.06. The molecule has 0 atom stereocenters. The van der Waals surface area contributed by atoms with Gasteiger partial charge in [0.15, 0.2) is 0 Å². The van der Waals surface area contributed by atoms with E-state index in [0.717, 1.165) is 11.1 Å². The lowest BCUT2D eigenvalue weighted by Crippen LogP contribution is -1.91. The predicted octanol–water partition coefficient (Wildman–Crippen LogP) is 5.83. The monoisotopic (exact) mass is 300 g/mol. The Kier molecular flexibility index (Phi) is 4.39. The van der Waals surface area contributed by atoms with Crippen LogP contribution in [0.1, 0.15) is 11.1 Å². The van der Waals surface area contributed by atoms with E-state index in [-0.39, 0.29) is 0 Å². The molecule has 0 aliphatic rings. The van der Waals surface area contributed by atoms with Crippen LogP contribution < -0.4 is 4.74 Å². The molecule has 0 aliphatic carbocycles. The number of hydrogen-bond acceptors (Lipinski definition) is 1. The zero-order chi connectivity index (χ0) is 13.1. The van der Waals surface area contributed by atoms with Crippen LogP contribution in [0.2, 0.25) is 10.0 Å². The fraction of sp³-hybridized carbons (Fsp3) is 0.143. The summed E-state index contributed by atoms with van der Waals surface area (Å²) in [6.07, 6.45) is 0. The van der Waals surface area contributed by atoms with Gasteiger partial charge in [-0.2, -0.15) is 0 Å². The van der Waals surface area contributed by atoms with Crippen molar-refractivity contribution in [1.29, 1.82) is 0 Å². The molecule has 0 saturated heterocycles. The normalized spacial score (nSPS) is 10.4. The van der Waals surface area contributed by atoms with Crippen molar-refractivity contribution < 1.29 is 4.74 Å². The molecule has 0 spiro atoms. The van der Waals surface area contributed by atoms with E-state index in [1.165, 1.54) is 0 Å². The molecule has 0 N–H and O–H groups in total. The highest BCUT2D eigenvalue weighted by molar-refractivity contribution is 6.34. The SMILES string of the molecule is Cc1ccc(Oc2cc(Cl)ccc2Cl)c(CCl)c1. The van der Waals surface area contributed by atoms with Gasteiger partial charge in [-0.15, -0.1) is 11.6 Å². The zero-order valence-electron chi connectivity index (χ0n) is 9.71. The van der Waals surface area contributed by atoms with E-state index in [9.17, 15) is 0 Å². The molecule has 2 aromatic carbocycles. The van der Waals surface area contributed by atoms with E-state index in [1.807, 2.05) is 25.1 Å². The van der Waals surface area contributed by atoms with E-state index in [0.29, 0.717) is 27.4 Å². The minimum atomic E-state index is 0.384. The first-order valence-electron chi connectivity index (χ1n) is 5.38. The lowest BCUT2D eigenvalue weighted by atomic mass is 10.1. The molecular formula is C14H11Cl3O. The summed E-state index contributed by atoms with van der Waals surface area (Å²) < 4.78 is 5.77. The highest BCUT2D eigenvalue weighted by Crippen LogP contribution is 2.34. The van der Waals surface area contributed by atoms with Gasteiger partial charge < -0.3 is 4.74 Å². The molecule has 0 saturated carbocycles. The second kappa shape index (κ2) is 5.83. The van der Waals surface area contributed by atoms with E-state index in [4.69, 9.17) is 39.5 Å². The minimum absolute atomic E-state index is 0.384. The maximum Gasteiger partial charge on any atom is 0.147 e. The molecule has 18 heavy (non-hydrogen) atoms. The fourth-order valence-electron chi connectivity index (χ4n) is 1.59. The summed E-state index contributed by atoms with van der Waals surface area (Å²) in [6, 6.07) is 10.9. The van der Waals surface area contributed by atoms with Gasteiger partial charge in [0.25, 0.3) is 0 Å². The number of rotatable bonds is 3. The molecular weight excluding hydrogens is 291 g/mol. The molecule has 0 radical (unpaired) electrons. The third kappa shape index (κ3) is 3.11. The summed E-state index contributed by atoms with van der Waals surface area (Å²) in [6.45, 7) is 2.01. The lowest BCUT2D eigenvalue weighted by molar-refractivity contribution is 0.478. The van der Waals surface area contributed by atoms with Gasteiger partial charge in [-0.3, -0.25) is 0 Å². The van der Waals surface area contributed by atoms with Crippen LogP contribution in [0.25, 0.3) is 0 Å². The van der Waals surface area contributed by atoms with Crippen LogP contribution in [-0.4, -0.2) is 0 Å². The van der Waals surface area contributed by atoms with Gasteiger partial charge in [0, 0.05) is 16.7 Å². The van der Waals surface area contributed by atoms with Crippen LogP contribution >= 0.6 is 34.8 Å². The molecule has 0 unspecified atom stereocenters. The number of ether oxygens (including phenoxy) is 1. The van der Waals surface area contributed by atoms with Crippen molar-refractivity contribution in [3.63, 3.8) is 0 Å². The van der Waals surface area contributed by atoms with E-state index in [2.05, 4.69) is 0 Å². The molecule has 0 aromatic heterocycles. The molecule has 2 rings (SSSR count). The first-order valence-corrected chi connectivity index (χ1v) is 6.67. The molecule has 1 nitrogen and oxygen atoms in total. The summed E-state index contributed by atoms with van der Waals surface area (Å²) in [5.74, 6) is 1.61. The van der Waals surface area contributed by atoms with Gasteiger partial charge in [0.05, 0.1) is 10.9 Å². The van der Waals surface area contributed by atoms with Crippen LogP contribution in [0.5, 0.6) is 11.5 Å². The maximum absolute atomic E-state index is 6.06. The lowest BCUT2D eigenvalue weighted by Gasteiger charge is -2.11. The standard InChI is InChI=1S/C14H11Cl3O/c1-9-2-5-13(10(6-9)8-15)18-14-7-11(16)3-4-12(14)17/h2-7H,8H2,1H3. The van der Waals surface area contributed by atoms with Gasteiger partial charge in [-0.05, 0) is 25.1 Å². The van der Waals surface area contributed by atoms with Gasteiger partial charge in [0.2, 0.25) is 0 Å². The van der Waals surface area contributed by atoms with Crippen molar-refractivity contribution in [2.45, 2.75) is 12.8 Å². The summed E-state index contributed by atoms with van der Waals surface area (Å²) in [4.78, 5) is 0. The van der Waals surface area contributed by atoms with Crippen molar-refractivity contribution in [2.75, 3.05) is 0 Å². The number of aryl methyl sites for hydroxylation is 1. The minimum Gasteiger partial charge on any atom is -0.455 e. The number of alkyl halides is 1. The second-order valence-corrected chi connectivity index (χ2v) is 5.03. The smallest absolute Gasteiger partial charge is 0.147 e. The number of halogens is 3. The largest absolute Gasteiger partial charge is 0.455 e. The Balaban J connectivity index is 2.36. The molecule has 0 aliphatic heterocycles. The highest BCUT2D eigenvalue weighted by atomic mass is 35.5. The van der Waals surface area contributed by atoms with Crippen molar-refractivity contribution >= 4 is 34.8 Å². The highest BCUT2D eigenvalue weighted by Gasteiger charge is 2.08. The molecule has 0 bridgehead atoms. The second-order valence-electron chi connectivity index (χ2n) is 3.92. The average Bonchev–Trinajstić information content (AvgIpc) is 2.36. The van der Waals surface area contributed by atoms with Crippen LogP contribution in [0, 0.1) is 6.92 Å². The van der Waals surface area contributed by atoms with E-state index >= 15 is 0 Å². The third-order valence-electron chi connectivity index (χ3n) is 2.47. The van der Waals surface area contributed by atoms with Gasteiger partial charge in [0.1, 0.15) is 11.5 Å². The van der Waals surface area contributed by atoms with Crippen molar-refractivity contribution in [2.24, 2.45) is 0 Å². The van der Waals surface area contributed by atoms with Crippen LogP contribution in [-0.2, 0) is 5.88 Å². The maximum atomic E-state index is 6.06. The fourth-order valence-corrected chi connectivity index (χ4v) is 2.11. The predicted molar refractivity (Wildman–Crippen MR) is 77.3 cm³/mol. The quantitative estimate of drug-likeness (QED) is 0.648. The Morgan fingerprint density at radius 1 is 1.00 bits per heavy atom. The van der Waals surface area contributed by atoms with Gasteiger partial charge in [-0.1, -0.05) is 40.9 Å². The number of hydrogen-bond donors (Lipinski definition) is 0. The van der Waals surface area contributed by atoms with Crippen molar-refractivity contribution in [3.05, 3.63) is 57.6 Å². The Hall–Kier alpha value is -0.890. The summed E-state index contributed by atoms with van der Waals surface area (Å²) in [7, 11) is 0. The molecule has 0 fully saturated rings. The molecule has 4 heteroatoms. The molecule has 2 aromatic rings. The first kappa shape index (κ1) is 13.5. The van der Waals surface area contributed by atoms with E-state index in [1.54, 1.807) is 18.2 Å². The zero-order valence-corrected chi connectivity index (χ0v) is 12.0. The van der Waals surface area contributed by atoms with Crippen LogP contribution in [0.3, 0.4) is 0 Å². The average molecular weight is 302 g/mol. The summed E-state index contributed by atoms with van der Waals surface area (Å²) >= 11 is 17.9. The first-order chi connectivity index (χ1) is 8.60. The van der Waals surface area contributed by atoms with E-state index < -0.39 is 0 Å². The summed E-state index contributed by atoms with van der Waals surface area (Å²) in [5, 5.41) is 1.09. The van der Waals surface area contributed by atoms with Crippen LogP contribution in [0.15, 0.2) is 36.4 Å². The Morgan fingerprint density at radius 2 is 1.78 bits per heavy atom. The van der Waals surface area contributed by atoms with Crippen molar-refractivity contribution in [1.82, 2.24) is 0 Å². The van der Waals surface area contributed by atoms with Crippen LogP contribution in [0.4, 0.5) is 0 Å². The Bertz CT molecular complexity index is 567. The third-order valence-corrected chi connectivity index (χ3v) is 3.31. The van der Waals surface area contributed by atoms with Gasteiger partial charge in [-0.25, -0.2) is 0 Å². The van der Waals surface area contributed by atoms with Crippen molar-refractivity contribution in [3.8, 4) is 11.5 Å². The van der Waals surface area contributed by atoms with Gasteiger partial charge >= 0.3 is 0 Å². The Morgan fingerprint density at radius 3 is 2.50 bits per heavy atom. The number of benzene rings is 2. The molecule has 0 amide bonds. The topological polar surface area (TPSA) is 9.23 Å². The molecule has 0 heterocycles. The molecule has 94 valence electrons.